The monoisotopic (exact) mass is 370 g/mol. The van der Waals surface area contributed by atoms with E-state index in [0.29, 0.717) is 11.6 Å². The zero-order valence-corrected chi connectivity index (χ0v) is 15.6. The lowest BCUT2D eigenvalue weighted by Gasteiger charge is -2.48. The molecule has 2 fully saturated rings. The van der Waals surface area contributed by atoms with E-state index in [2.05, 4.69) is 51.4 Å². The summed E-state index contributed by atoms with van der Waals surface area (Å²) in [7, 11) is 0. The molecule has 0 aromatic carbocycles. The van der Waals surface area contributed by atoms with Crippen molar-refractivity contribution in [2.45, 2.75) is 64.1 Å². The molecule has 1 unspecified atom stereocenters. The smallest absolute Gasteiger partial charge is 0.0346 e. The lowest BCUT2D eigenvalue weighted by atomic mass is 9.89. The second-order valence-corrected chi connectivity index (χ2v) is 9.07. The zero-order valence-electron chi connectivity index (χ0n) is 13.2. The van der Waals surface area contributed by atoms with E-state index >= 15 is 0 Å². The van der Waals surface area contributed by atoms with Crippen LogP contribution in [0, 0.1) is 5.92 Å². The molecule has 1 spiro atoms. The second kappa shape index (κ2) is 6.69. The van der Waals surface area contributed by atoms with Crippen LogP contribution in [0.3, 0.4) is 0 Å². The van der Waals surface area contributed by atoms with Gasteiger partial charge < -0.3 is 5.32 Å². The minimum absolute atomic E-state index is 0.427. The number of hydrogen-bond donors (Lipinski definition) is 1. The van der Waals surface area contributed by atoms with E-state index < -0.39 is 0 Å². The van der Waals surface area contributed by atoms with E-state index in [4.69, 9.17) is 0 Å². The Morgan fingerprint density at radius 3 is 2.81 bits per heavy atom. The van der Waals surface area contributed by atoms with Gasteiger partial charge in [-0.1, -0.05) is 26.7 Å². The zero-order chi connectivity index (χ0) is 14.9. The average Bonchev–Trinajstić information content (AvgIpc) is 3.04. The lowest BCUT2D eigenvalue weighted by molar-refractivity contribution is 0.0322. The molecule has 0 amide bonds. The lowest BCUT2D eigenvalue weighted by Crippen LogP contribution is -2.63. The van der Waals surface area contributed by atoms with Crippen LogP contribution in [0.2, 0.25) is 0 Å². The third-order valence-corrected chi connectivity index (χ3v) is 7.06. The van der Waals surface area contributed by atoms with E-state index in [1.807, 2.05) is 11.3 Å². The van der Waals surface area contributed by atoms with Crippen molar-refractivity contribution >= 4 is 27.3 Å². The molecule has 3 rings (SSSR count). The molecule has 1 saturated heterocycles. The van der Waals surface area contributed by atoms with Gasteiger partial charge in [0.1, 0.15) is 0 Å². The van der Waals surface area contributed by atoms with Gasteiger partial charge in [0.2, 0.25) is 0 Å². The first-order valence-corrected chi connectivity index (χ1v) is 9.97. The molecule has 1 aliphatic heterocycles. The third-order valence-electron chi connectivity index (χ3n) is 5.15. The van der Waals surface area contributed by atoms with Crippen LogP contribution in [0.25, 0.3) is 0 Å². The minimum atomic E-state index is 0.427. The average molecular weight is 371 g/mol. The molecule has 4 heteroatoms. The van der Waals surface area contributed by atoms with Gasteiger partial charge in [-0.15, -0.1) is 11.3 Å². The Hall–Kier alpha value is 0.1000. The molecule has 1 N–H and O–H groups in total. The largest absolute Gasteiger partial charge is 0.311 e. The fourth-order valence-corrected chi connectivity index (χ4v) is 5.56. The quantitative estimate of drug-likeness (QED) is 0.829. The summed E-state index contributed by atoms with van der Waals surface area (Å²) in [5.74, 6) is 0.774. The Morgan fingerprint density at radius 2 is 2.19 bits per heavy atom. The molecular weight excluding hydrogens is 344 g/mol. The molecule has 2 aliphatic rings. The fourth-order valence-electron chi connectivity index (χ4n) is 4.07. The number of piperazine rings is 1. The Kier molecular flexibility index (Phi) is 5.09. The van der Waals surface area contributed by atoms with Gasteiger partial charge in [0.25, 0.3) is 0 Å². The third kappa shape index (κ3) is 3.54. The molecular formula is C17H27BrN2S. The second-order valence-electron chi connectivity index (χ2n) is 7.21. The van der Waals surface area contributed by atoms with Crippen molar-refractivity contribution in [3.8, 4) is 0 Å². The molecule has 1 saturated carbocycles. The van der Waals surface area contributed by atoms with Crippen molar-refractivity contribution in [3.63, 3.8) is 0 Å². The summed E-state index contributed by atoms with van der Waals surface area (Å²) in [5.41, 5.74) is 0.427. The van der Waals surface area contributed by atoms with Gasteiger partial charge in [-0.25, -0.2) is 0 Å². The molecule has 1 atom stereocenters. The predicted molar refractivity (Wildman–Crippen MR) is 94.9 cm³/mol. The maximum absolute atomic E-state index is 3.86. The van der Waals surface area contributed by atoms with Gasteiger partial charge in [0, 0.05) is 40.6 Å². The normalized spacial score (nSPS) is 26.0. The minimum Gasteiger partial charge on any atom is -0.311 e. The van der Waals surface area contributed by atoms with Crippen molar-refractivity contribution in [1.29, 1.82) is 0 Å². The topological polar surface area (TPSA) is 15.3 Å². The number of halogens is 1. The van der Waals surface area contributed by atoms with Crippen LogP contribution in [0.15, 0.2) is 15.9 Å². The van der Waals surface area contributed by atoms with Crippen molar-refractivity contribution in [3.05, 3.63) is 20.8 Å². The molecule has 1 aromatic rings. The summed E-state index contributed by atoms with van der Waals surface area (Å²) in [6.07, 6.45) is 6.84. The van der Waals surface area contributed by atoms with E-state index in [1.54, 1.807) is 0 Å². The maximum Gasteiger partial charge on any atom is 0.0346 e. The van der Waals surface area contributed by atoms with E-state index in [-0.39, 0.29) is 0 Å². The number of thiophene rings is 1. The van der Waals surface area contributed by atoms with E-state index in [1.165, 1.54) is 54.5 Å². The first-order chi connectivity index (χ1) is 10.1. The number of nitrogens with one attached hydrogen (secondary N) is 1. The highest BCUT2D eigenvalue weighted by atomic mass is 79.9. The summed E-state index contributed by atoms with van der Waals surface area (Å²) in [6, 6.07) is 2.85. The molecule has 2 heterocycles. The van der Waals surface area contributed by atoms with Gasteiger partial charge in [-0.05, 0) is 52.6 Å². The van der Waals surface area contributed by atoms with Crippen LogP contribution in [0.5, 0.6) is 0 Å². The summed E-state index contributed by atoms with van der Waals surface area (Å²) in [6.45, 7) is 8.19. The molecule has 0 bridgehead atoms. The molecule has 118 valence electrons. The van der Waals surface area contributed by atoms with Crippen LogP contribution < -0.4 is 5.32 Å². The Morgan fingerprint density at radius 1 is 1.43 bits per heavy atom. The number of rotatable bonds is 4. The number of nitrogens with zero attached hydrogens (tertiary/aromatic N) is 1. The van der Waals surface area contributed by atoms with Crippen molar-refractivity contribution in [1.82, 2.24) is 10.2 Å². The van der Waals surface area contributed by atoms with E-state index in [9.17, 15) is 0 Å². The summed E-state index contributed by atoms with van der Waals surface area (Å²) >= 11 is 5.61. The molecule has 2 nitrogen and oxygen atoms in total. The molecule has 1 aromatic heterocycles. The summed E-state index contributed by atoms with van der Waals surface area (Å²) in [4.78, 5) is 4.30. The van der Waals surface area contributed by atoms with Crippen molar-refractivity contribution in [2.24, 2.45) is 5.92 Å². The Labute approximate surface area is 141 Å². The van der Waals surface area contributed by atoms with E-state index in [0.717, 1.165) is 12.5 Å². The standard InChI is InChI=1S/C17H27BrN2S/c1-13(2)9-14-10-20(11-16-15(18)5-8-21-16)17(12-19-14)6-3-4-7-17/h5,8,13-14,19H,3-4,6-7,9-12H2,1-2H3. The highest BCUT2D eigenvalue weighted by Crippen LogP contribution is 2.39. The fraction of sp³-hybridized carbons (Fsp3) is 0.765. The first kappa shape index (κ1) is 16.0. The van der Waals surface area contributed by atoms with Crippen LogP contribution in [0.4, 0.5) is 0 Å². The molecule has 0 radical (unpaired) electrons. The van der Waals surface area contributed by atoms with Crippen molar-refractivity contribution in [2.75, 3.05) is 13.1 Å². The van der Waals surface area contributed by atoms with Crippen LogP contribution >= 0.6 is 27.3 Å². The highest BCUT2D eigenvalue weighted by molar-refractivity contribution is 9.10. The van der Waals surface area contributed by atoms with Crippen LogP contribution in [-0.2, 0) is 6.54 Å². The number of hydrogen-bond acceptors (Lipinski definition) is 3. The van der Waals surface area contributed by atoms with Gasteiger partial charge in [-0.3, -0.25) is 4.90 Å². The SMILES string of the molecule is CC(C)CC1CN(Cc2sccc2Br)C2(CCCC2)CN1. The van der Waals surface area contributed by atoms with Crippen LogP contribution in [-0.4, -0.2) is 29.6 Å². The van der Waals surface area contributed by atoms with Gasteiger partial charge in [-0.2, -0.15) is 0 Å². The Bertz CT molecular complexity index is 465. The van der Waals surface area contributed by atoms with Gasteiger partial charge in [0.15, 0.2) is 0 Å². The first-order valence-electron chi connectivity index (χ1n) is 8.29. The van der Waals surface area contributed by atoms with Crippen LogP contribution in [0.1, 0.15) is 50.8 Å². The van der Waals surface area contributed by atoms with Gasteiger partial charge in [0.05, 0.1) is 0 Å². The Balaban J connectivity index is 1.75. The molecule has 1 aliphatic carbocycles. The van der Waals surface area contributed by atoms with Gasteiger partial charge >= 0.3 is 0 Å². The van der Waals surface area contributed by atoms with Crippen molar-refractivity contribution < 1.29 is 0 Å². The summed E-state index contributed by atoms with van der Waals surface area (Å²) in [5, 5.41) is 6.06. The highest BCUT2D eigenvalue weighted by Gasteiger charge is 2.43. The predicted octanol–water partition coefficient (Wildman–Crippen LogP) is 4.64. The maximum atomic E-state index is 3.86. The molecule has 21 heavy (non-hydrogen) atoms. The summed E-state index contributed by atoms with van der Waals surface area (Å²) < 4.78 is 1.29.